The molecule has 1 amide bonds. The summed E-state index contributed by atoms with van der Waals surface area (Å²) in [4.78, 5) is 16.3. The first-order chi connectivity index (χ1) is 11.0. The smallest absolute Gasteiger partial charge is 0.233 e. The molecule has 122 valence electrons. The van der Waals surface area contributed by atoms with Crippen LogP contribution >= 0.6 is 11.8 Å². The minimum absolute atomic E-state index is 0.0133. The summed E-state index contributed by atoms with van der Waals surface area (Å²) >= 11 is 1.52. The van der Waals surface area contributed by atoms with Crippen molar-refractivity contribution < 1.29 is 9.53 Å². The monoisotopic (exact) mass is 330 g/mol. The van der Waals surface area contributed by atoms with Crippen molar-refractivity contribution in [3.05, 3.63) is 53.2 Å². The minimum atomic E-state index is -0.0744. The molecule has 5 heteroatoms. The molecule has 1 heterocycles. The van der Waals surface area contributed by atoms with E-state index in [1.807, 2.05) is 57.4 Å². The lowest BCUT2D eigenvalue weighted by atomic mass is 10.1. The number of thioether (sulfide) groups is 1. The van der Waals surface area contributed by atoms with E-state index >= 15 is 0 Å². The van der Waals surface area contributed by atoms with Crippen LogP contribution < -0.4 is 10.1 Å². The highest BCUT2D eigenvalue weighted by molar-refractivity contribution is 7.99. The van der Waals surface area contributed by atoms with E-state index in [9.17, 15) is 4.79 Å². The molecule has 0 radical (unpaired) electrons. The van der Waals surface area contributed by atoms with Gasteiger partial charge in [0.05, 0.1) is 5.25 Å². The van der Waals surface area contributed by atoms with Crippen molar-refractivity contribution in [1.29, 1.82) is 0 Å². The number of carbonyl (C=O) groups is 1. The molecule has 23 heavy (non-hydrogen) atoms. The summed E-state index contributed by atoms with van der Waals surface area (Å²) in [5, 5.41) is 2.85. The van der Waals surface area contributed by atoms with Gasteiger partial charge in [-0.15, -0.1) is 0 Å². The van der Waals surface area contributed by atoms with Crippen molar-refractivity contribution in [2.24, 2.45) is 0 Å². The van der Waals surface area contributed by atoms with Crippen molar-refractivity contribution in [2.45, 2.75) is 32.6 Å². The molecule has 0 aliphatic heterocycles. The highest BCUT2D eigenvalue weighted by Crippen LogP contribution is 2.29. The molecule has 0 bridgehead atoms. The van der Waals surface area contributed by atoms with Crippen LogP contribution in [-0.4, -0.2) is 22.4 Å². The Morgan fingerprint density at radius 3 is 2.61 bits per heavy atom. The zero-order chi connectivity index (χ0) is 16.8. The maximum Gasteiger partial charge on any atom is 0.233 e. The number of ether oxygens (including phenoxy) is 1. The fourth-order valence-electron chi connectivity index (χ4n) is 2.14. The van der Waals surface area contributed by atoms with Gasteiger partial charge < -0.3 is 10.1 Å². The number of carbonyl (C=O) groups excluding carboxylic acids is 1. The molecule has 1 atom stereocenters. The molecule has 0 aliphatic rings. The van der Waals surface area contributed by atoms with Crippen LogP contribution in [0.15, 0.2) is 36.5 Å². The molecule has 0 saturated heterocycles. The molecule has 0 fully saturated rings. The SMILES string of the molecule is CS[C@H](C)C(=O)NCc1cccnc1Oc1c(C)cccc1C. The molecule has 1 N–H and O–H groups in total. The highest BCUT2D eigenvalue weighted by Gasteiger charge is 2.13. The predicted molar refractivity (Wildman–Crippen MR) is 95.1 cm³/mol. The number of benzene rings is 1. The fourth-order valence-corrected chi connectivity index (χ4v) is 2.44. The lowest BCUT2D eigenvalue weighted by molar-refractivity contribution is -0.120. The number of amides is 1. The Labute approximate surface area is 141 Å². The van der Waals surface area contributed by atoms with E-state index < -0.39 is 0 Å². The number of pyridine rings is 1. The average Bonchev–Trinajstić information content (AvgIpc) is 2.56. The first-order valence-corrected chi connectivity index (χ1v) is 8.80. The summed E-state index contributed by atoms with van der Waals surface area (Å²) < 4.78 is 6.02. The van der Waals surface area contributed by atoms with E-state index in [-0.39, 0.29) is 11.2 Å². The maximum atomic E-state index is 11.9. The van der Waals surface area contributed by atoms with Gasteiger partial charge >= 0.3 is 0 Å². The van der Waals surface area contributed by atoms with Crippen LogP contribution in [0.2, 0.25) is 0 Å². The van der Waals surface area contributed by atoms with Gasteiger partial charge in [-0.25, -0.2) is 4.98 Å². The van der Waals surface area contributed by atoms with E-state index in [1.54, 1.807) is 6.20 Å². The van der Waals surface area contributed by atoms with Gasteiger partial charge in [-0.2, -0.15) is 11.8 Å². The van der Waals surface area contributed by atoms with Crippen molar-refractivity contribution in [3.8, 4) is 11.6 Å². The summed E-state index contributed by atoms with van der Waals surface area (Å²) in [5.74, 6) is 1.36. The van der Waals surface area contributed by atoms with Crippen molar-refractivity contribution in [2.75, 3.05) is 6.26 Å². The molecular formula is C18H22N2O2S. The first-order valence-electron chi connectivity index (χ1n) is 7.51. The molecular weight excluding hydrogens is 308 g/mol. The third-order valence-corrected chi connectivity index (χ3v) is 4.55. The quantitative estimate of drug-likeness (QED) is 0.874. The van der Waals surface area contributed by atoms with Gasteiger partial charge in [-0.3, -0.25) is 4.79 Å². The number of nitrogens with one attached hydrogen (secondary N) is 1. The van der Waals surface area contributed by atoms with Crippen molar-refractivity contribution in [1.82, 2.24) is 10.3 Å². The third kappa shape index (κ3) is 4.48. The fraction of sp³-hybridized carbons (Fsp3) is 0.333. The molecule has 1 aromatic carbocycles. The molecule has 0 spiro atoms. The van der Waals surface area contributed by atoms with Gasteiger partial charge in [-0.05, 0) is 44.2 Å². The van der Waals surface area contributed by atoms with Gasteiger partial charge in [0.15, 0.2) is 0 Å². The summed E-state index contributed by atoms with van der Waals surface area (Å²) in [7, 11) is 0. The van der Waals surface area contributed by atoms with Crippen LogP contribution in [-0.2, 0) is 11.3 Å². The van der Waals surface area contributed by atoms with E-state index in [0.717, 1.165) is 22.4 Å². The molecule has 0 unspecified atom stereocenters. The van der Waals surface area contributed by atoms with E-state index in [1.165, 1.54) is 11.8 Å². The minimum Gasteiger partial charge on any atom is -0.438 e. The molecule has 4 nitrogen and oxygen atoms in total. The zero-order valence-electron chi connectivity index (χ0n) is 13.9. The Balaban J connectivity index is 2.16. The highest BCUT2D eigenvalue weighted by atomic mass is 32.2. The van der Waals surface area contributed by atoms with Crippen molar-refractivity contribution >= 4 is 17.7 Å². The Bertz CT molecular complexity index is 668. The van der Waals surface area contributed by atoms with Gasteiger partial charge in [-0.1, -0.05) is 24.3 Å². The Morgan fingerprint density at radius 2 is 1.96 bits per heavy atom. The number of hydrogen-bond donors (Lipinski definition) is 1. The first kappa shape index (κ1) is 17.3. The standard InChI is InChI=1S/C18H22N2O2S/c1-12-7-5-8-13(2)16(12)22-18-15(9-6-10-19-18)11-20-17(21)14(3)23-4/h5-10,14H,11H2,1-4H3,(H,20,21)/t14-/m1/s1. The maximum absolute atomic E-state index is 11.9. The van der Waals surface area contributed by atoms with E-state index in [0.29, 0.717) is 12.4 Å². The van der Waals surface area contributed by atoms with Crippen LogP contribution in [0.5, 0.6) is 11.6 Å². The Morgan fingerprint density at radius 1 is 1.26 bits per heavy atom. The number of rotatable bonds is 6. The molecule has 1 aromatic heterocycles. The summed E-state index contributed by atoms with van der Waals surface area (Å²) in [6.07, 6.45) is 3.61. The lowest BCUT2D eigenvalue weighted by Crippen LogP contribution is -2.30. The van der Waals surface area contributed by atoms with E-state index in [4.69, 9.17) is 4.74 Å². The molecule has 2 rings (SSSR count). The molecule has 2 aromatic rings. The Kier molecular flexibility index (Phi) is 6.04. The molecule has 0 saturated carbocycles. The second-order valence-electron chi connectivity index (χ2n) is 5.39. The topological polar surface area (TPSA) is 51.2 Å². The number of hydrogen-bond acceptors (Lipinski definition) is 4. The average molecular weight is 330 g/mol. The summed E-state index contributed by atoms with van der Waals surface area (Å²) in [5.41, 5.74) is 2.97. The third-order valence-electron chi connectivity index (χ3n) is 3.63. The van der Waals surface area contributed by atoms with Gasteiger partial charge in [0.25, 0.3) is 0 Å². The lowest BCUT2D eigenvalue weighted by Gasteiger charge is -2.15. The number of nitrogens with zero attached hydrogens (tertiary/aromatic N) is 1. The Hall–Kier alpha value is -2.01. The predicted octanol–water partition coefficient (Wildman–Crippen LogP) is 3.86. The van der Waals surface area contributed by atoms with Crippen LogP contribution in [0.1, 0.15) is 23.6 Å². The number of para-hydroxylation sites is 1. The number of aromatic nitrogens is 1. The van der Waals surface area contributed by atoms with Gasteiger partial charge in [0.2, 0.25) is 11.8 Å². The van der Waals surface area contributed by atoms with Gasteiger partial charge in [0, 0.05) is 18.3 Å². The normalized spacial score (nSPS) is 11.8. The molecule has 0 aliphatic carbocycles. The second kappa shape index (κ2) is 8.02. The van der Waals surface area contributed by atoms with Crippen LogP contribution in [0.4, 0.5) is 0 Å². The van der Waals surface area contributed by atoms with Crippen LogP contribution in [0, 0.1) is 13.8 Å². The second-order valence-corrected chi connectivity index (χ2v) is 6.56. The summed E-state index contributed by atoms with van der Waals surface area (Å²) in [6.45, 7) is 6.30. The largest absolute Gasteiger partial charge is 0.438 e. The van der Waals surface area contributed by atoms with E-state index in [2.05, 4.69) is 10.3 Å². The summed E-state index contributed by atoms with van der Waals surface area (Å²) in [6, 6.07) is 9.78. The van der Waals surface area contributed by atoms with Crippen LogP contribution in [0.25, 0.3) is 0 Å². The zero-order valence-corrected chi connectivity index (χ0v) is 14.7. The van der Waals surface area contributed by atoms with Crippen LogP contribution in [0.3, 0.4) is 0 Å². The van der Waals surface area contributed by atoms with Crippen molar-refractivity contribution in [3.63, 3.8) is 0 Å². The number of aryl methyl sites for hydroxylation is 2. The van der Waals surface area contributed by atoms with Gasteiger partial charge in [0.1, 0.15) is 5.75 Å².